The summed E-state index contributed by atoms with van der Waals surface area (Å²) in [6.07, 6.45) is 8.65. The molecule has 0 amide bonds. The fourth-order valence-corrected chi connectivity index (χ4v) is 3.82. The molecular formula is C16H30ClNO2. The quantitative estimate of drug-likeness (QED) is 0.380. The summed E-state index contributed by atoms with van der Waals surface area (Å²) in [4.78, 5) is 11.0. The lowest BCUT2D eigenvalue weighted by molar-refractivity contribution is -0.569. The molecule has 3 nitrogen and oxygen atoms in total. The van der Waals surface area contributed by atoms with Crippen molar-refractivity contribution in [1.29, 1.82) is 0 Å². The van der Waals surface area contributed by atoms with E-state index in [9.17, 15) is 10.1 Å². The summed E-state index contributed by atoms with van der Waals surface area (Å²) in [6.45, 7) is 8.23. The molecule has 1 fully saturated rings. The molecule has 1 aliphatic carbocycles. The van der Waals surface area contributed by atoms with Crippen LogP contribution >= 0.6 is 11.6 Å². The van der Waals surface area contributed by atoms with Crippen LogP contribution in [0, 0.1) is 15.5 Å². The van der Waals surface area contributed by atoms with Gasteiger partial charge in [0, 0.05) is 29.6 Å². The second-order valence-corrected chi connectivity index (χ2v) is 8.48. The summed E-state index contributed by atoms with van der Waals surface area (Å²) in [5.74, 6) is 0. The van der Waals surface area contributed by atoms with Gasteiger partial charge in [0.2, 0.25) is 5.54 Å². The minimum atomic E-state index is -0.892. The minimum absolute atomic E-state index is 0.0956. The van der Waals surface area contributed by atoms with Gasteiger partial charge in [0.05, 0.1) is 0 Å². The summed E-state index contributed by atoms with van der Waals surface area (Å²) < 4.78 is 0. The average molecular weight is 304 g/mol. The SMILES string of the molecule is CCC1(C)CCCCCC(C)(Cl)CC(C)([N+](=O)[O-])CC1. The molecule has 0 bridgehead atoms. The minimum Gasteiger partial charge on any atom is -0.264 e. The van der Waals surface area contributed by atoms with Gasteiger partial charge in [0.25, 0.3) is 0 Å². The zero-order valence-corrected chi connectivity index (χ0v) is 14.3. The maximum atomic E-state index is 11.6. The lowest BCUT2D eigenvalue weighted by Gasteiger charge is -2.33. The molecule has 0 saturated heterocycles. The number of nitro groups is 1. The molecule has 0 radical (unpaired) electrons. The lowest BCUT2D eigenvalue weighted by Crippen LogP contribution is -2.42. The summed E-state index contributed by atoms with van der Waals surface area (Å²) in [5.41, 5.74) is -0.651. The van der Waals surface area contributed by atoms with Crippen LogP contribution in [0.5, 0.6) is 0 Å². The van der Waals surface area contributed by atoms with Gasteiger partial charge in [-0.15, -0.1) is 11.6 Å². The number of nitrogens with zero attached hydrogens (tertiary/aromatic N) is 1. The van der Waals surface area contributed by atoms with Crippen molar-refractivity contribution in [3.63, 3.8) is 0 Å². The Kier molecular flexibility index (Phi) is 5.89. The van der Waals surface area contributed by atoms with Gasteiger partial charge in [-0.05, 0) is 31.6 Å². The van der Waals surface area contributed by atoms with Gasteiger partial charge in [-0.2, -0.15) is 0 Å². The molecule has 1 saturated carbocycles. The first-order chi connectivity index (χ1) is 9.13. The molecule has 3 atom stereocenters. The topological polar surface area (TPSA) is 43.1 Å². The summed E-state index contributed by atoms with van der Waals surface area (Å²) in [5, 5.41) is 11.6. The van der Waals surface area contributed by atoms with Crippen LogP contribution in [0.2, 0.25) is 0 Å². The average Bonchev–Trinajstić information content (AvgIpc) is 2.36. The van der Waals surface area contributed by atoms with E-state index in [0.29, 0.717) is 12.8 Å². The van der Waals surface area contributed by atoms with E-state index in [4.69, 9.17) is 11.6 Å². The van der Waals surface area contributed by atoms with Gasteiger partial charge in [0.15, 0.2) is 0 Å². The molecule has 0 aliphatic heterocycles. The van der Waals surface area contributed by atoms with Crippen molar-refractivity contribution < 1.29 is 4.92 Å². The van der Waals surface area contributed by atoms with Crippen molar-refractivity contribution in [2.24, 2.45) is 5.41 Å². The highest BCUT2D eigenvalue weighted by Gasteiger charge is 2.44. The monoisotopic (exact) mass is 303 g/mol. The summed E-state index contributed by atoms with van der Waals surface area (Å²) >= 11 is 6.56. The van der Waals surface area contributed by atoms with Crippen LogP contribution in [0.25, 0.3) is 0 Å². The first kappa shape index (κ1) is 17.7. The highest BCUT2D eigenvalue weighted by atomic mass is 35.5. The second kappa shape index (κ2) is 6.64. The zero-order valence-electron chi connectivity index (χ0n) is 13.5. The Balaban J connectivity index is 2.94. The van der Waals surface area contributed by atoms with E-state index < -0.39 is 10.4 Å². The first-order valence-electron chi connectivity index (χ1n) is 7.96. The van der Waals surface area contributed by atoms with E-state index in [0.717, 1.165) is 25.7 Å². The molecule has 20 heavy (non-hydrogen) atoms. The van der Waals surface area contributed by atoms with E-state index in [1.54, 1.807) is 6.92 Å². The van der Waals surface area contributed by atoms with Gasteiger partial charge in [-0.3, -0.25) is 10.1 Å². The predicted octanol–water partition coefficient (Wildman–Crippen LogP) is 5.57. The fraction of sp³-hybridized carbons (Fsp3) is 1.00. The predicted molar refractivity (Wildman–Crippen MR) is 85.0 cm³/mol. The maximum absolute atomic E-state index is 11.6. The number of hydrogen-bond acceptors (Lipinski definition) is 2. The molecule has 1 rings (SSSR count). The standard InChI is InChI=1S/C16H30ClNO2/c1-5-14(2)9-7-6-8-10-15(3,17)13-16(4,12-11-14)18(19)20/h5-13H2,1-4H3. The molecule has 0 aromatic carbocycles. The third kappa shape index (κ3) is 4.91. The second-order valence-electron chi connectivity index (χ2n) is 7.57. The third-order valence-corrected chi connectivity index (χ3v) is 5.61. The first-order valence-corrected chi connectivity index (χ1v) is 8.34. The van der Waals surface area contributed by atoms with Crippen LogP contribution in [0.1, 0.15) is 85.5 Å². The van der Waals surface area contributed by atoms with E-state index in [2.05, 4.69) is 13.8 Å². The largest absolute Gasteiger partial charge is 0.264 e. The van der Waals surface area contributed by atoms with Crippen molar-refractivity contribution in [3.8, 4) is 0 Å². The van der Waals surface area contributed by atoms with Crippen molar-refractivity contribution >= 4 is 11.6 Å². The maximum Gasteiger partial charge on any atom is 0.221 e. The van der Waals surface area contributed by atoms with Gasteiger partial charge >= 0.3 is 0 Å². The van der Waals surface area contributed by atoms with Crippen LogP contribution in [0.4, 0.5) is 0 Å². The van der Waals surface area contributed by atoms with Crippen LogP contribution in [0.3, 0.4) is 0 Å². The molecule has 3 unspecified atom stereocenters. The van der Waals surface area contributed by atoms with E-state index in [-0.39, 0.29) is 10.3 Å². The fourth-order valence-electron chi connectivity index (χ4n) is 3.40. The highest BCUT2D eigenvalue weighted by Crippen LogP contribution is 2.42. The Bertz CT molecular complexity index is 345. The Hall–Kier alpha value is -0.310. The van der Waals surface area contributed by atoms with Gasteiger partial charge < -0.3 is 0 Å². The Labute approximate surface area is 128 Å². The van der Waals surface area contributed by atoms with Crippen molar-refractivity contribution in [2.45, 2.75) is 95.9 Å². The molecule has 0 aromatic heterocycles. The van der Waals surface area contributed by atoms with E-state index >= 15 is 0 Å². The van der Waals surface area contributed by atoms with Crippen molar-refractivity contribution in [1.82, 2.24) is 0 Å². The van der Waals surface area contributed by atoms with Crippen LogP contribution in [-0.2, 0) is 0 Å². The Morgan fingerprint density at radius 3 is 2.20 bits per heavy atom. The normalized spacial score (nSPS) is 40.9. The molecule has 118 valence electrons. The summed E-state index contributed by atoms with van der Waals surface area (Å²) in [7, 11) is 0. The Morgan fingerprint density at radius 1 is 1.05 bits per heavy atom. The molecule has 1 aliphatic rings. The number of hydrogen-bond donors (Lipinski definition) is 0. The van der Waals surface area contributed by atoms with Crippen LogP contribution in [-0.4, -0.2) is 15.3 Å². The third-order valence-electron chi connectivity index (χ3n) is 5.29. The molecule has 0 heterocycles. The van der Waals surface area contributed by atoms with Crippen LogP contribution in [0.15, 0.2) is 0 Å². The van der Waals surface area contributed by atoms with Gasteiger partial charge in [-0.1, -0.05) is 39.5 Å². The smallest absolute Gasteiger partial charge is 0.221 e. The number of halogens is 1. The molecule has 4 heteroatoms. The van der Waals surface area contributed by atoms with E-state index in [1.165, 1.54) is 19.3 Å². The van der Waals surface area contributed by atoms with Crippen molar-refractivity contribution in [2.75, 3.05) is 0 Å². The number of rotatable bonds is 2. The van der Waals surface area contributed by atoms with E-state index in [1.807, 2.05) is 6.92 Å². The van der Waals surface area contributed by atoms with Crippen LogP contribution < -0.4 is 0 Å². The number of alkyl halides is 1. The zero-order chi connectivity index (χ0) is 15.4. The highest BCUT2D eigenvalue weighted by molar-refractivity contribution is 6.23. The molecule has 0 spiro atoms. The van der Waals surface area contributed by atoms with Gasteiger partial charge in [0.1, 0.15) is 0 Å². The lowest BCUT2D eigenvalue weighted by atomic mass is 9.74. The molecular weight excluding hydrogens is 274 g/mol. The molecule has 0 N–H and O–H groups in total. The molecule has 0 aromatic rings. The summed E-state index contributed by atoms with van der Waals surface area (Å²) in [6, 6.07) is 0. The van der Waals surface area contributed by atoms with Crippen molar-refractivity contribution in [3.05, 3.63) is 10.1 Å². The van der Waals surface area contributed by atoms with Gasteiger partial charge in [-0.25, -0.2) is 0 Å². The Morgan fingerprint density at radius 2 is 1.65 bits per heavy atom.